The maximum atomic E-state index is 12.4. The molecule has 1 aliphatic rings. The second-order valence-corrected chi connectivity index (χ2v) is 7.76. The Morgan fingerprint density at radius 3 is 2.93 bits per heavy atom. The van der Waals surface area contributed by atoms with E-state index in [1.54, 1.807) is 0 Å². The average Bonchev–Trinajstić information content (AvgIpc) is 3.38. The summed E-state index contributed by atoms with van der Waals surface area (Å²) in [5.74, 6) is 1.35. The van der Waals surface area contributed by atoms with E-state index >= 15 is 0 Å². The number of aromatic nitrogens is 2. The normalized spacial score (nSPS) is 18.0. The largest absolute Gasteiger partial charge is 0.352 e. The maximum absolute atomic E-state index is 12.4. The van der Waals surface area contributed by atoms with Crippen molar-refractivity contribution in [2.45, 2.75) is 45.2 Å². The summed E-state index contributed by atoms with van der Waals surface area (Å²) >= 11 is 0. The van der Waals surface area contributed by atoms with E-state index in [9.17, 15) is 4.79 Å². The highest BCUT2D eigenvalue weighted by Gasteiger charge is 2.26. The van der Waals surface area contributed by atoms with Gasteiger partial charge in [-0.2, -0.15) is 5.10 Å². The number of aliphatic imine (C=N–C) groups is 1. The van der Waals surface area contributed by atoms with Crippen LogP contribution in [0, 0.1) is 0 Å². The fraction of sp³-hybridized carbons (Fsp3) is 0.500. The van der Waals surface area contributed by atoms with Crippen LogP contribution in [0.2, 0.25) is 0 Å². The molecule has 0 spiro atoms. The van der Waals surface area contributed by atoms with Gasteiger partial charge in [0.1, 0.15) is 0 Å². The number of rotatable bonds is 6. The number of benzene rings is 1. The fourth-order valence-corrected chi connectivity index (χ4v) is 3.62. The summed E-state index contributed by atoms with van der Waals surface area (Å²) in [5.41, 5.74) is 3.04. The van der Waals surface area contributed by atoms with Gasteiger partial charge in [-0.05, 0) is 43.0 Å². The van der Waals surface area contributed by atoms with Crippen molar-refractivity contribution in [3.8, 4) is 0 Å². The highest BCUT2D eigenvalue weighted by molar-refractivity contribution is 5.94. The zero-order valence-corrected chi connectivity index (χ0v) is 17.9. The number of nitrogens with one attached hydrogen (secondary N) is 2. The van der Waals surface area contributed by atoms with Crippen molar-refractivity contribution < 1.29 is 4.79 Å². The number of guanidine groups is 1. The van der Waals surface area contributed by atoms with Crippen LogP contribution in [0.25, 0.3) is 0 Å². The standard InChI is InChI=1S/C22H32N6O/c1-5-16(2)26-21(29)18-8-6-7-17(11-18)12-24-22(23-3)28-10-9-19(15-28)20-13-25-27(4)14-20/h6-8,11,13-14,16,19H,5,9-10,12,15H2,1-4H3,(H,23,24)(H,26,29). The molecule has 7 nitrogen and oxygen atoms in total. The van der Waals surface area contributed by atoms with E-state index < -0.39 is 0 Å². The lowest BCUT2D eigenvalue weighted by atomic mass is 10.0. The molecule has 1 saturated heterocycles. The van der Waals surface area contributed by atoms with Crippen LogP contribution in [0.15, 0.2) is 41.7 Å². The number of likely N-dealkylation sites (tertiary alicyclic amines) is 1. The SMILES string of the molecule is CCC(C)NC(=O)c1cccc(CNC(=NC)N2CCC(c3cnn(C)c3)C2)c1. The lowest BCUT2D eigenvalue weighted by Crippen LogP contribution is -2.39. The molecular weight excluding hydrogens is 364 g/mol. The van der Waals surface area contributed by atoms with Crippen LogP contribution in [0.4, 0.5) is 0 Å². The molecule has 156 valence electrons. The number of hydrogen-bond acceptors (Lipinski definition) is 3. The minimum absolute atomic E-state index is 0.0237. The third-order valence-corrected chi connectivity index (χ3v) is 5.53. The topological polar surface area (TPSA) is 74.6 Å². The first-order valence-corrected chi connectivity index (χ1v) is 10.3. The third-order valence-electron chi connectivity index (χ3n) is 5.53. The van der Waals surface area contributed by atoms with Gasteiger partial charge in [-0.1, -0.05) is 19.1 Å². The van der Waals surface area contributed by atoms with E-state index in [1.165, 1.54) is 5.56 Å². The maximum Gasteiger partial charge on any atom is 0.251 e. The zero-order chi connectivity index (χ0) is 20.8. The third kappa shape index (κ3) is 5.37. The lowest BCUT2D eigenvalue weighted by Gasteiger charge is -2.21. The number of carbonyl (C=O) groups excluding carboxylic acids is 1. The monoisotopic (exact) mass is 396 g/mol. The fourth-order valence-electron chi connectivity index (χ4n) is 3.62. The molecule has 1 aromatic carbocycles. The molecule has 2 heterocycles. The molecular formula is C22H32N6O. The molecule has 1 fully saturated rings. The van der Waals surface area contributed by atoms with Crippen molar-refractivity contribution in [1.29, 1.82) is 0 Å². The van der Waals surface area contributed by atoms with Crippen molar-refractivity contribution in [3.05, 3.63) is 53.3 Å². The summed E-state index contributed by atoms with van der Waals surface area (Å²) in [6, 6.07) is 7.93. The minimum Gasteiger partial charge on any atom is -0.352 e. The van der Waals surface area contributed by atoms with Crippen LogP contribution in [0.3, 0.4) is 0 Å². The molecule has 29 heavy (non-hydrogen) atoms. The van der Waals surface area contributed by atoms with Gasteiger partial charge in [-0.25, -0.2) is 0 Å². The Bertz CT molecular complexity index is 858. The van der Waals surface area contributed by atoms with Crippen molar-refractivity contribution in [3.63, 3.8) is 0 Å². The number of carbonyl (C=O) groups is 1. The molecule has 2 aromatic rings. The number of amides is 1. The summed E-state index contributed by atoms with van der Waals surface area (Å²) in [6.07, 6.45) is 6.07. The Balaban J connectivity index is 1.57. The summed E-state index contributed by atoms with van der Waals surface area (Å²) in [6.45, 7) is 6.61. The van der Waals surface area contributed by atoms with Gasteiger partial charge in [-0.3, -0.25) is 14.5 Å². The first kappa shape index (κ1) is 20.9. The summed E-state index contributed by atoms with van der Waals surface area (Å²) in [7, 11) is 3.77. The van der Waals surface area contributed by atoms with Crippen molar-refractivity contribution >= 4 is 11.9 Å². The zero-order valence-electron chi connectivity index (χ0n) is 17.9. The predicted molar refractivity (Wildman–Crippen MR) is 116 cm³/mol. The highest BCUT2D eigenvalue weighted by atomic mass is 16.1. The molecule has 2 unspecified atom stereocenters. The molecule has 7 heteroatoms. The predicted octanol–water partition coefficient (Wildman–Crippen LogP) is 2.51. The van der Waals surface area contributed by atoms with Crippen LogP contribution in [0.1, 0.15) is 54.1 Å². The van der Waals surface area contributed by atoms with Crippen molar-refractivity contribution in [2.24, 2.45) is 12.0 Å². The van der Waals surface area contributed by atoms with Crippen LogP contribution in [0.5, 0.6) is 0 Å². The Morgan fingerprint density at radius 2 is 2.24 bits per heavy atom. The van der Waals surface area contributed by atoms with Gasteiger partial charge >= 0.3 is 0 Å². The molecule has 2 N–H and O–H groups in total. The highest BCUT2D eigenvalue weighted by Crippen LogP contribution is 2.26. The molecule has 3 rings (SSSR count). The van der Waals surface area contributed by atoms with Crippen LogP contribution in [-0.4, -0.2) is 52.7 Å². The Labute approximate surface area is 173 Å². The molecule has 0 bridgehead atoms. The lowest BCUT2D eigenvalue weighted by molar-refractivity contribution is 0.0939. The van der Waals surface area contributed by atoms with Crippen molar-refractivity contribution in [2.75, 3.05) is 20.1 Å². The number of aryl methyl sites for hydroxylation is 1. The molecule has 0 aliphatic carbocycles. The second-order valence-electron chi connectivity index (χ2n) is 7.76. The Hall–Kier alpha value is -2.83. The molecule has 0 saturated carbocycles. The van der Waals surface area contributed by atoms with Gasteiger partial charge in [0.05, 0.1) is 6.20 Å². The summed E-state index contributed by atoms with van der Waals surface area (Å²) in [4.78, 5) is 19.1. The van der Waals surface area contributed by atoms with E-state index in [0.717, 1.165) is 37.5 Å². The second kappa shape index (κ2) is 9.58. The van der Waals surface area contributed by atoms with Gasteiger partial charge in [0.15, 0.2) is 5.96 Å². The average molecular weight is 397 g/mol. The van der Waals surface area contributed by atoms with Crippen LogP contribution >= 0.6 is 0 Å². The molecule has 1 aromatic heterocycles. The number of nitrogens with zero attached hydrogens (tertiary/aromatic N) is 4. The molecule has 0 radical (unpaired) electrons. The first-order valence-electron chi connectivity index (χ1n) is 10.3. The van der Waals surface area contributed by atoms with E-state index in [1.807, 2.05) is 56.2 Å². The Kier molecular flexibility index (Phi) is 6.90. The first-order chi connectivity index (χ1) is 14.0. The molecule has 1 aliphatic heterocycles. The van der Waals surface area contributed by atoms with Crippen molar-refractivity contribution in [1.82, 2.24) is 25.3 Å². The van der Waals surface area contributed by atoms with Gasteiger partial charge in [0, 0.05) is 57.4 Å². The quantitative estimate of drug-likeness (QED) is 0.581. The van der Waals surface area contributed by atoms with E-state index in [4.69, 9.17) is 0 Å². The smallest absolute Gasteiger partial charge is 0.251 e. The minimum atomic E-state index is -0.0237. The van der Waals surface area contributed by atoms with Crippen LogP contribution in [-0.2, 0) is 13.6 Å². The molecule has 1 amide bonds. The van der Waals surface area contributed by atoms with Crippen LogP contribution < -0.4 is 10.6 Å². The molecule has 2 atom stereocenters. The van der Waals surface area contributed by atoms with E-state index in [-0.39, 0.29) is 11.9 Å². The Morgan fingerprint density at radius 1 is 1.41 bits per heavy atom. The summed E-state index contributed by atoms with van der Waals surface area (Å²) in [5, 5.41) is 10.8. The van der Waals surface area contributed by atoms with Gasteiger partial charge < -0.3 is 15.5 Å². The van der Waals surface area contributed by atoms with Gasteiger partial charge in [-0.15, -0.1) is 0 Å². The van der Waals surface area contributed by atoms with E-state index in [2.05, 4.69) is 38.7 Å². The van der Waals surface area contributed by atoms with Gasteiger partial charge in [0.25, 0.3) is 5.91 Å². The van der Waals surface area contributed by atoms with E-state index in [0.29, 0.717) is 18.0 Å². The summed E-state index contributed by atoms with van der Waals surface area (Å²) < 4.78 is 1.86. The number of hydrogen-bond donors (Lipinski definition) is 2. The van der Waals surface area contributed by atoms with Gasteiger partial charge in [0.2, 0.25) is 0 Å².